The van der Waals surface area contributed by atoms with Gasteiger partial charge < -0.3 is 0 Å². The van der Waals surface area contributed by atoms with Crippen molar-refractivity contribution in [2.75, 3.05) is 0 Å². The molecule has 0 heterocycles. The number of rotatable bonds is 6. The third-order valence-corrected chi connectivity index (χ3v) is 1.31. The van der Waals surface area contributed by atoms with Crippen LogP contribution in [-0.4, -0.2) is 11.4 Å². The molecule has 0 aromatic carbocycles. The maximum absolute atomic E-state index is 4.05. The van der Waals surface area contributed by atoms with Gasteiger partial charge in [0.25, 0.3) is 0 Å². The fraction of sp³-hybridized carbons (Fsp3) is 0. The largest absolute Gasteiger partial charge is 0.255 e. The zero-order chi connectivity index (χ0) is 10.8. The van der Waals surface area contributed by atoms with E-state index < -0.39 is 0 Å². The van der Waals surface area contributed by atoms with E-state index in [1.807, 2.05) is 0 Å². The number of aliphatic imine (C=N–C) groups is 2. The van der Waals surface area contributed by atoms with Crippen LogP contribution < -0.4 is 0 Å². The lowest BCUT2D eigenvalue weighted by atomic mass is 10.2. The van der Waals surface area contributed by atoms with Gasteiger partial charge in [-0.3, -0.25) is 9.98 Å². The molecule has 0 aliphatic rings. The lowest BCUT2D eigenvalue weighted by molar-refractivity contribution is 1.56. The maximum atomic E-state index is 4.05. The van der Waals surface area contributed by atoms with Crippen molar-refractivity contribution in [1.82, 2.24) is 0 Å². The summed E-state index contributed by atoms with van der Waals surface area (Å²) in [4.78, 5) is 8.06. The summed E-state index contributed by atoms with van der Waals surface area (Å²) in [7, 11) is 0. The van der Waals surface area contributed by atoms with Gasteiger partial charge >= 0.3 is 0 Å². The molecule has 0 amide bonds. The Morgan fingerprint density at radius 2 is 1.43 bits per heavy atom. The predicted octanol–water partition coefficient (Wildman–Crippen LogP) is 3.08. The van der Waals surface area contributed by atoms with E-state index in [0.29, 0.717) is 11.4 Å². The van der Waals surface area contributed by atoms with E-state index >= 15 is 0 Å². The van der Waals surface area contributed by atoms with Crippen LogP contribution in [0.3, 0.4) is 0 Å². The Balaban J connectivity index is 5.07. The minimum atomic E-state index is 0.651. The summed E-state index contributed by atoms with van der Waals surface area (Å²) in [6.07, 6.45) is 9.70. The van der Waals surface area contributed by atoms with E-state index in [0.717, 1.165) is 0 Å². The Labute approximate surface area is 85.1 Å². The molecule has 0 spiro atoms. The second kappa shape index (κ2) is 7.68. The Morgan fingerprint density at radius 1 is 0.857 bits per heavy atom. The molecule has 0 unspecified atom stereocenters. The molecule has 0 N–H and O–H groups in total. The van der Waals surface area contributed by atoms with Gasteiger partial charge in [-0.15, -0.1) is 0 Å². The average molecular weight is 186 g/mol. The average Bonchev–Trinajstić information content (AvgIpc) is 2.21. The lowest BCUT2D eigenvalue weighted by Gasteiger charge is -1.97. The van der Waals surface area contributed by atoms with E-state index in [9.17, 15) is 0 Å². The van der Waals surface area contributed by atoms with Crippen LogP contribution in [0.15, 0.2) is 73.0 Å². The standard InChI is InChI=1S/C12H14N2/c1-5-9-10-12(14-8-4)11(6-2)13-7-3/h5-10H,1-4H2/b10-9-,13-11-,14-12-. The van der Waals surface area contributed by atoms with Gasteiger partial charge in [0, 0.05) is 12.4 Å². The second-order valence-electron chi connectivity index (χ2n) is 2.19. The summed E-state index contributed by atoms with van der Waals surface area (Å²) in [5, 5.41) is 0. The first-order valence-electron chi connectivity index (χ1n) is 4.09. The van der Waals surface area contributed by atoms with Crippen molar-refractivity contribution in [2.24, 2.45) is 9.98 Å². The molecule has 0 aromatic rings. The highest BCUT2D eigenvalue weighted by Gasteiger charge is 1.98. The van der Waals surface area contributed by atoms with E-state index in [4.69, 9.17) is 0 Å². The van der Waals surface area contributed by atoms with Crippen LogP contribution >= 0.6 is 0 Å². The van der Waals surface area contributed by atoms with Gasteiger partial charge in [0.05, 0.1) is 11.4 Å². The van der Waals surface area contributed by atoms with Crippen molar-refractivity contribution in [3.05, 3.63) is 63.0 Å². The van der Waals surface area contributed by atoms with Gasteiger partial charge in [-0.25, -0.2) is 0 Å². The molecule has 0 atom stereocenters. The minimum Gasteiger partial charge on any atom is -0.255 e. The summed E-state index contributed by atoms with van der Waals surface area (Å²) in [6, 6.07) is 0. The van der Waals surface area contributed by atoms with Crippen molar-refractivity contribution in [1.29, 1.82) is 0 Å². The highest BCUT2D eigenvalue weighted by atomic mass is 14.8. The quantitative estimate of drug-likeness (QED) is 0.450. The van der Waals surface area contributed by atoms with Gasteiger partial charge in [-0.1, -0.05) is 38.5 Å². The first-order chi connectivity index (χ1) is 6.79. The molecule has 72 valence electrons. The van der Waals surface area contributed by atoms with Gasteiger partial charge in [-0.2, -0.15) is 0 Å². The van der Waals surface area contributed by atoms with E-state index in [1.54, 1.807) is 24.3 Å². The predicted molar refractivity (Wildman–Crippen MR) is 64.8 cm³/mol. The fourth-order valence-corrected chi connectivity index (χ4v) is 0.774. The molecule has 0 rings (SSSR count). The van der Waals surface area contributed by atoms with Crippen LogP contribution in [0.5, 0.6) is 0 Å². The number of nitrogens with zero attached hydrogens (tertiary/aromatic N) is 2. The molecule has 0 saturated heterocycles. The van der Waals surface area contributed by atoms with Crippen LogP contribution in [0.25, 0.3) is 0 Å². The number of hydrogen-bond acceptors (Lipinski definition) is 2. The summed E-state index contributed by atoms with van der Waals surface area (Å²) in [6.45, 7) is 14.2. The SMILES string of the molecule is C=C\C=C/C(=N/C=C)C(/C=C)=N\C=C. The topological polar surface area (TPSA) is 24.7 Å². The molecular weight excluding hydrogens is 172 g/mol. The van der Waals surface area contributed by atoms with Gasteiger partial charge in [0.1, 0.15) is 0 Å². The molecule has 0 aromatic heterocycles. The van der Waals surface area contributed by atoms with Crippen molar-refractivity contribution in [3.8, 4) is 0 Å². The third kappa shape index (κ3) is 4.16. The van der Waals surface area contributed by atoms with Gasteiger partial charge in [-0.05, 0) is 12.2 Å². The fourth-order valence-electron chi connectivity index (χ4n) is 0.774. The van der Waals surface area contributed by atoms with Crippen molar-refractivity contribution in [3.63, 3.8) is 0 Å². The Hall–Kier alpha value is -1.96. The van der Waals surface area contributed by atoms with Crippen LogP contribution in [0.1, 0.15) is 0 Å². The molecule has 0 aliphatic carbocycles. The zero-order valence-corrected chi connectivity index (χ0v) is 8.19. The van der Waals surface area contributed by atoms with E-state index in [2.05, 4.69) is 36.3 Å². The Bertz CT molecular complexity index is 317. The van der Waals surface area contributed by atoms with Crippen LogP contribution in [0, 0.1) is 0 Å². The van der Waals surface area contributed by atoms with Crippen LogP contribution in [0.2, 0.25) is 0 Å². The first-order valence-corrected chi connectivity index (χ1v) is 4.09. The normalized spacial score (nSPS) is 12.6. The molecule has 0 radical (unpaired) electrons. The maximum Gasteiger partial charge on any atom is 0.0885 e. The molecule has 0 bridgehead atoms. The first kappa shape index (κ1) is 12.0. The van der Waals surface area contributed by atoms with Crippen LogP contribution in [0.4, 0.5) is 0 Å². The summed E-state index contributed by atoms with van der Waals surface area (Å²) in [5.74, 6) is 0. The molecular formula is C12H14N2. The highest BCUT2D eigenvalue weighted by molar-refractivity contribution is 6.50. The van der Waals surface area contributed by atoms with Gasteiger partial charge in [0.15, 0.2) is 0 Å². The smallest absolute Gasteiger partial charge is 0.0885 e. The Morgan fingerprint density at radius 3 is 1.86 bits per heavy atom. The van der Waals surface area contributed by atoms with E-state index in [1.165, 1.54) is 12.4 Å². The number of allylic oxidation sites excluding steroid dienone is 4. The molecule has 2 heteroatoms. The van der Waals surface area contributed by atoms with Gasteiger partial charge in [0.2, 0.25) is 0 Å². The monoisotopic (exact) mass is 186 g/mol. The molecule has 0 aliphatic heterocycles. The summed E-state index contributed by atoms with van der Waals surface area (Å²) >= 11 is 0. The minimum absolute atomic E-state index is 0.651. The van der Waals surface area contributed by atoms with Crippen molar-refractivity contribution >= 4 is 11.4 Å². The summed E-state index contributed by atoms with van der Waals surface area (Å²) < 4.78 is 0. The lowest BCUT2D eigenvalue weighted by Crippen LogP contribution is -2.07. The molecule has 14 heavy (non-hydrogen) atoms. The van der Waals surface area contributed by atoms with Crippen molar-refractivity contribution in [2.45, 2.75) is 0 Å². The molecule has 0 fully saturated rings. The number of hydrogen-bond donors (Lipinski definition) is 0. The third-order valence-electron chi connectivity index (χ3n) is 1.31. The molecule has 0 saturated carbocycles. The molecule has 2 nitrogen and oxygen atoms in total. The van der Waals surface area contributed by atoms with E-state index in [-0.39, 0.29) is 0 Å². The highest BCUT2D eigenvalue weighted by Crippen LogP contribution is 1.93. The zero-order valence-electron chi connectivity index (χ0n) is 8.19. The summed E-state index contributed by atoms with van der Waals surface area (Å²) in [5.41, 5.74) is 1.33. The second-order valence-corrected chi connectivity index (χ2v) is 2.19. The Kier molecular flexibility index (Phi) is 6.60. The van der Waals surface area contributed by atoms with Crippen molar-refractivity contribution < 1.29 is 0 Å². The van der Waals surface area contributed by atoms with Crippen LogP contribution in [-0.2, 0) is 0 Å².